The highest BCUT2D eigenvalue weighted by atomic mass is 32.1. The third kappa shape index (κ3) is 17.6. The van der Waals surface area contributed by atoms with Crippen molar-refractivity contribution in [2.45, 2.75) is 260 Å². The summed E-state index contributed by atoms with van der Waals surface area (Å²) in [4.78, 5) is 43.7. The van der Waals surface area contributed by atoms with Gasteiger partial charge in [0.2, 0.25) is 0 Å². The predicted molar refractivity (Wildman–Crippen MR) is 329 cm³/mol. The van der Waals surface area contributed by atoms with Crippen molar-refractivity contribution < 1.29 is 9.59 Å². The van der Waals surface area contributed by atoms with E-state index in [0.29, 0.717) is 36.1 Å². The molecule has 0 bridgehead atoms. The van der Waals surface area contributed by atoms with Crippen molar-refractivity contribution in [3.05, 3.63) is 79.2 Å². The van der Waals surface area contributed by atoms with Gasteiger partial charge in [0.15, 0.2) is 0 Å². The van der Waals surface area contributed by atoms with Crippen molar-refractivity contribution in [1.29, 1.82) is 0 Å². The van der Waals surface area contributed by atoms with E-state index in [0.717, 1.165) is 59.7 Å². The molecule has 0 saturated carbocycles. The molecule has 2 unspecified atom stereocenters. The minimum atomic E-state index is 0.0585. The van der Waals surface area contributed by atoms with Crippen LogP contribution in [0.25, 0.3) is 30.9 Å². The summed E-state index contributed by atoms with van der Waals surface area (Å²) in [6.45, 7) is 15.1. The van der Waals surface area contributed by atoms with Crippen molar-refractivity contribution in [2.24, 2.45) is 11.8 Å². The van der Waals surface area contributed by atoms with Gasteiger partial charge < -0.3 is 9.80 Å². The van der Waals surface area contributed by atoms with Crippen LogP contribution in [-0.2, 0) is 22.4 Å². The average Bonchev–Trinajstić information content (AvgIpc) is 4.29. The van der Waals surface area contributed by atoms with Crippen molar-refractivity contribution in [1.82, 2.24) is 9.80 Å². The van der Waals surface area contributed by atoms with Gasteiger partial charge in [0, 0.05) is 32.6 Å². The molecule has 2 aliphatic rings. The minimum Gasteiger partial charge on any atom is -0.306 e. The number of amides is 2. The van der Waals surface area contributed by atoms with Gasteiger partial charge in [0.05, 0.1) is 32.3 Å². The summed E-state index contributed by atoms with van der Waals surface area (Å²) in [6.07, 6.45) is 41.9. The highest BCUT2D eigenvalue weighted by Gasteiger charge is 2.50. The number of fused-ring (bicyclic) bond motifs is 1. The van der Waals surface area contributed by atoms with Gasteiger partial charge in [0.25, 0.3) is 11.8 Å². The van der Waals surface area contributed by atoms with E-state index in [-0.39, 0.29) is 11.8 Å². The van der Waals surface area contributed by atoms with E-state index in [2.05, 4.69) is 98.5 Å². The number of nitrogens with zero attached hydrogens (tertiary/aromatic N) is 2. The number of thiophene rings is 4. The number of hydrogen-bond acceptors (Lipinski definition) is 6. The molecule has 2 amide bonds. The molecule has 8 heteroatoms. The average molecular weight is 1080 g/mol. The van der Waals surface area contributed by atoms with E-state index >= 15 is 9.59 Å². The molecule has 0 N–H and O–H groups in total. The van der Waals surface area contributed by atoms with Gasteiger partial charge in [-0.15, -0.1) is 45.3 Å². The van der Waals surface area contributed by atoms with Gasteiger partial charge in [-0.25, -0.2) is 0 Å². The predicted octanol–water partition coefficient (Wildman–Crippen LogP) is 22.0. The zero-order chi connectivity index (χ0) is 52.3. The maximum atomic E-state index is 16.0. The molecular formula is C66H100N2O2S4. The number of rotatable bonds is 42. The number of aryl methyl sites for hydroxylation is 2. The fourth-order valence-corrected chi connectivity index (χ4v) is 16.1. The first-order valence-corrected chi connectivity index (χ1v) is 34.2. The molecule has 2 aliphatic heterocycles. The normalized spacial score (nSPS) is 14.7. The Morgan fingerprint density at radius 2 is 0.662 bits per heavy atom. The Balaban J connectivity index is 1.45. The summed E-state index contributed by atoms with van der Waals surface area (Å²) in [5, 5.41) is 4.53. The molecule has 0 aromatic carbocycles. The summed E-state index contributed by atoms with van der Waals surface area (Å²) < 4.78 is 0. The molecule has 4 aromatic rings. The van der Waals surface area contributed by atoms with Crippen molar-refractivity contribution in [3.8, 4) is 19.5 Å². The van der Waals surface area contributed by atoms with Crippen LogP contribution in [-0.4, -0.2) is 34.7 Å². The molecule has 4 nitrogen and oxygen atoms in total. The molecule has 0 saturated heterocycles. The molecule has 6 heterocycles. The highest BCUT2D eigenvalue weighted by molar-refractivity contribution is 7.22. The second-order valence-corrected chi connectivity index (χ2v) is 26.3. The monoisotopic (exact) mass is 1080 g/mol. The van der Waals surface area contributed by atoms with Gasteiger partial charge in [0.1, 0.15) is 0 Å². The maximum absolute atomic E-state index is 16.0. The van der Waals surface area contributed by atoms with Crippen LogP contribution in [0, 0.1) is 11.8 Å². The first-order valence-electron chi connectivity index (χ1n) is 30.8. The van der Waals surface area contributed by atoms with Crippen LogP contribution in [0.5, 0.6) is 0 Å². The first kappa shape index (κ1) is 60.4. The van der Waals surface area contributed by atoms with Crippen LogP contribution in [0.1, 0.15) is 268 Å². The van der Waals surface area contributed by atoms with Crippen LogP contribution in [0.4, 0.5) is 0 Å². The summed E-state index contributed by atoms with van der Waals surface area (Å²) in [5.74, 6) is 0.906. The topological polar surface area (TPSA) is 40.6 Å². The van der Waals surface area contributed by atoms with Gasteiger partial charge in [-0.1, -0.05) is 208 Å². The van der Waals surface area contributed by atoms with Gasteiger partial charge >= 0.3 is 0 Å². The summed E-state index contributed by atoms with van der Waals surface area (Å²) in [7, 11) is 0. The summed E-state index contributed by atoms with van der Waals surface area (Å²) >= 11 is 7.32. The molecule has 2 atom stereocenters. The lowest BCUT2D eigenvalue weighted by atomic mass is 9.93. The van der Waals surface area contributed by atoms with Crippen molar-refractivity contribution >= 4 is 68.6 Å². The van der Waals surface area contributed by atoms with E-state index in [1.54, 1.807) is 0 Å². The molecule has 6 rings (SSSR count). The van der Waals surface area contributed by atoms with Crippen LogP contribution in [0.3, 0.4) is 0 Å². The fraction of sp³-hybridized carbons (Fsp3) is 0.667. The Hall–Kier alpha value is -2.78. The standard InChI is InChI=1S/C66H100N2O2S4/c1-7-13-19-25-27-31-37-51(35-29-21-15-9-3)49-67-61(55-41-43-57(73-55)63-53(45-47-71-63)39-33-23-17-11-5)59-60(65(67)69)62(56-42-44-58(74-56)64-54(46-48-72-64)40-34-24-18-12-6)68(66(59)70)50-52(36-30-22-16-10-4)38-32-28-26-20-14-8-2/h41-48,51-52H,7-40,49-50H2,1-6H3. The quantitative estimate of drug-likeness (QED) is 0.0415. The Morgan fingerprint density at radius 3 is 1.01 bits per heavy atom. The molecule has 0 radical (unpaired) electrons. The number of hydrogen-bond donors (Lipinski definition) is 0. The fourth-order valence-electron chi connectivity index (χ4n) is 11.7. The van der Waals surface area contributed by atoms with Gasteiger partial charge in [-0.3, -0.25) is 9.59 Å². The van der Waals surface area contributed by atoms with E-state index in [4.69, 9.17) is 0 Å². The summed E-state index contributed by atoms with van der Waals surface area (Å²) in [6, 6.07) is 13.8. The van der Waals surface area contributed by atoms with Crippen LogP contribution in [0.15, 0.2) is 58.3 Å². The second-order valence-electron chi connectivity index (χ2n) is 22.3. The Morgan fingerprint density at radius 1 is 0.365 bits per heavy atom. The molecule has 410 valence electrons. The third-order valence-corrected chi connectivity index (χ3v) is 20.6. The maximum Gasteiger partial charge on any atom is 0.261 e. The molecule has 4 aromatic heterocycles. The Kier molecular flexibility index (Phi) is 27.9. The molecule has 0 aliphatic carbocycles. The smallest absolute Gasteiger partial charge is 0.261 e. The number of unbranched alkanes of at least 4 members (excludes halogenated alkanes) is 22. The lowest BCUT2D eigenvalue weighted by molar-refractivity contribution is -0.124. The van der Waals surface area contributed by atoms with Crippen LogP contribution >= 0.6 is 45.3 Å². The second kappa shape index (κ2) is 34.2. The SMILES string of the molecule is CCCCCCCCC(CCCCCC)CN1C(=O)C2=C(c3ccc(-c4sccc4CCCCCC)s3)N(CC(CCCCCC)CCCCCCCC)C(=O)C2=C1c1ccc(-c2sccc2CCCCCC)s1. The van der Waals surface area contributed by atoms with Crippen molar-refractivity contribution in [2.75, 3.05) is 13.1 Å². The Labute approximate surface area is 468 Å². The highest BCUT2D eigenvalue weighted by Crippen LogP contribution is 2.52. The minimum absolute atomic E-state index is 0.0585. The molecule has 0 spiro atoms. The lowest BCUT2D eigenvalue weighted by Crippen LogP contribution is -2.34. The first-order chi connectivity index (χ1) is 36.4. The Bertz CT molecular complexity index is 2130. The molecule has 74 heavy (non-hydrogen) atoms. The van der Waals surface area contributed by atoms with Crippen LogP contribution in [0.2, 0.25) is 0 Å². The van der Waals surface area contributed by atoms with Gasteiger partial charge in [-0.05, 0) is 121 Å². The van der Waals surface area contributed by atoms with Crippen molar-refractivity contribution in [3.63, 3.8) is 0 Å². The van der Waals surface area contributed by atoms with E-state index in [1.807, 2.05) is 45.3 Å². The molecular weight excluding hydrogens is 981 g/mol. The number of carbonyl (C=O) groups is 2. The van der Waals surface area contributed by atoms with E-state index < -0.39 is 0 Å². The van der Waals surface area contributed by atoms with E-state index in [1.165, 1.54) is 210 Å². The van der Waals surface area contributed by atoms with Crippen LogP contribution < -0.4 is 0 Å². The summed E-state index contributed by atoms with van der Waals surface area (Å²) in [5.41, 5.74) is 6.03. The van der Waals surface area contributed by atoms with E-state index in [9.17, 15) is 0 Å². The van der Waals surface area contributed by atoms with Gasteiger partial charge in [-0.2, -0.15) is 0 Å². The number of carbonyl (C=O) groups excluding carboxylic acids is 2. The third-order valence-electron chi connectivity index (χ3n) is 16.1. The molecule has 0 fully saturated rings. The zero-order valence-electron chi connectivity index (χ0n) is 47.6. The largest absolute Gasteiger partial charge is 0.306 e. The zero-order valence-corrected chi connectivity index (χ0v) is 50.8. The lowest BCUT2D eigenvalue weighted by Gasteiger charge is -2.29.